The molecular formula is C9H18F2OSi. The van der Waals surface area contributed by atoms with E-state index in [4.69, 9.17) is 4.43 Å². The predicted octanol–water partition coefficient (Wildman–Crippen LogP) is 3.42. The van der Waals surface area contributed by atoms with Crippen LogP contribution in [0.2, 0.25) is 19.6 Å². The lowest BCUT2D eigenvalue weighted by atomic mass is 9.94. The van der Waals surface area contributed by atoms with Crippen LogP contribution in [0.5, 0.6) is 0 Å². The highest BCUT2D eigenvalue weighted by Gasteiger charge is 2.36. The minimum Gasteiger partial charge on any atom is -0.415 e. The van der Waals surface area contributed by atoms with Crippen molar-refractivity contribution in [1.29, 1.82) is 0 Å². The van der Waals surface area contributed by atoms with Gasteiger partial charge in [0.15, 0.2) is 8.32 Å². The molecule has 0 atom stereocenters. The van der Waals surface area contributed by atoms with Crippen molar-refractivity contribution in [3.63, 3.8) is 0 Å². The summed E-state index contributed by atoms with van der Waals surface area (Å²) >= 11 is 0. The summed E-state index contributed by atoms with van der Waals surface area (Å²) < 4.78 is 31.3. The molecule has 0 aromatic rings. The number of rotatable bonds is 2. The van der Waals surface area contributed by atoms with Crippen LogP contribution in [-0.2, 0) is 4.43 Å². The topological polar surface area (TPSA) is 9.23 Å². The highest BCUT2D eigenvalue weighted by molar-refractivity contribution is 6.69. The highest BCUT2D eigenvalue weighted by Crippen LogP contribution is 2.35. The molecule has 0 spiro atoms. The van der Waals surface area contributed by atoms with Crippen molar-refractivity contribution in [2.75, 3.05) is 0 Å². The smallest absolute Gasteiger partial charge is 0.248 e. The van der Waals surface area contributed by atoms with Gasteiger partial charge in [-0.3, -0.25) is 0 Å². The van der Waals surface area contributed by atoms with Crippen LogP contribution in [0.15, 0.2) is 0 Å². The van der Waals surface area contributed by atoms with E-state index in [2.05, 4.69) is 19.6 Å². The first-order valence-electron chi connectivity index (χ1n) is 4.84. The largest absolute Gasteiger partial charge is 0.415 e. The average Bonchev–Trinajstić information content (AvgIpc) is 1.91. The molecule has 1 saturated carbocycles. The Bertz CT molecular complexity index is 167. The summed E-state index contributed by atoms with van der Waals surface area (Å²) in [5.74, 6) is -2.43. The summed E-state index contributed by atoms with van der Waals surface area (Å²) in [6.07, 6.45) is 1.14. The van der Waals surface area contributed by atoms with Gasteiger partial charge in [0.25, 0.3) is 0 Å². The van der Waals surface area contributed by atoms with Gasteiger partial charge in [0.05, 0.1) is 0 Å². The molecule has 0 amide bonds. The third kappa shape index (κ3) is 4.18. The lowest BCUT2D eigenvalue weighted by Gasteiger charge is -2.32. The van der Waals surface area contributed by atoms with E-state index < -0.39 is 14.2 Å². The van der Waals surface area contributed by atoms with Crippen LogP contribution in [0.25, 0.3) is 0 Å². The van der Waals surface area contributed by atoms with Crippen LogP contribution < -0.4 is 0 Å². The Hall–Kier alpha value is 0.0369. The van der Waals surface area contributed by atoms with E-state index in [-0.39, 0.29) is 18.9 Å². The molecule has 0 aromatic carbocycles. The Balaban J connectivity index is 2.34. The average molecular weight is 208 g/mol. The summed E-state index contributed by atoms with van der Waals surface area (Å²) in [6.45, 7) is 6.29. The van der Waals surface area contributed by atoms with E-state index in [1.165, 1.54) is 0 Å². The molecule has 1 fully saturated rings. The zero-order chi connectivity index (χ0) is 10.1. The Morgan fingerprint density at radius 1 is 1.15 bits per heavy atom. The van der Waals surface area contributed by atoms with Gasteiger partial charge in [0.1, 0.15) is 0 Å². The standard InChI is InChI=1S/C9H18F2OSi/c1-13(2,3)12-8-4-6-9(10,11)7-5-8/h8H,4-7H2,1-3H3. The fraction of sp³-hybridized carbons (Fsp3) is 1.00. The van der Waals surface area contributed by atoms with Crippen molar-refractivity contribution >= 4 is 8.32 Å². The van der Waals surface area contributed by atoms with E-state index in [1.807, 2.05) is 0 Å². The number of hydrogen-bond acceptors (Lipinski definition) is 1. The van der Waals surface area contributed by atoms with Gasteiger partial charge in [-0.2, -0.15) is 0 Å². The Morgan fingerprint density at radius 3 is 2.00 bits per heavy atom. The molecule has 1 rings (SSSR count). The maximum absolute atomic E-state index is 12.8. The summed E-state index contributed by atoms with van der Waals surface area (Å²) in [7, 11) is -1.54. The fourth-order valence-corrected chi connectivity index (χ4v) is 2.87. The van der Waals surface area contributed by atoms with Crippen molar-refractivity contribution in [3.05, 3.63) is 0 Å². The van der Waals surface area contributed by atoms with Crippen LogP contribution in [0, 0.1) is 0 Å². The molecule has 0 N–H and O–H groups in total. The Morgan fingerprint density at radius 2 is 1.62 bits per heavy atom. The molecule has 1 nitrogen and oxygen atoms in total. The zero-order valence-corrected chi connectivity index (χ0v) is 9.57. The molecule has 1 aliphatic rings. The van der Waals surface area contributed by atoms with E-state index in [9.17, 15) is 8.78 Å². The van der Waals surface area contributed by atoms with Crippen LogP contribution in [0.4, 0.5) is 8.78 Å². The van der Waals surface area contributed by atoms with E-state index in [0.717, 1.165) is 0 Å². The van der Waals surface area contributed by atoms with E-state index in [0.29, 0.717) is 12.8 Å². The number of hydrogen-bond donors (Lipinski definition) is 0. The Labute approximate surface area is 79.6 Å². The summed E-state index contributed by atoms with van der Waals surface area (Å²) in [5, 5.41) is 0. The minimum absolute atomic E-state index is 0.00213. The third-order valence-electron chi connectivity index (χ3n) is 2.18. The second-order valence-electron chi connectivity index (χ2n) is 4.79. The van der Waals surface area contributed by atoms with Crippen molar-refractivity contribution in [3.8, 4) is 0 Å². The normalized spacial score (nSPS) is 24.7. The Kier molecular flexibility index (Phi) is 3.12. The van der Waals surface area contributed by atoms with Gasteiger partial charge in [-0.15, -0.1) is 0 Å². The van der Waals surface area contributed by atoms with Crippen molar-refractivity contribution in [2.24, 2.45) is 0 Å². The van der Waals surface area contributed by atoms with Gasteiger partial charge in [-0.05, 0) is 32.5 Å². The van der Waals surface area contributed by atoms with Gasteiger partial charge in [0, 0.05) is 18.9 Å². The minimum atomic E-state index is -2.43. The zero-order valence-electron chi connectivity index (χ0n) is 8.57. The number of alkyl halides is 2. The molecule has 0 aliphatic heterocycles. The molecule has 13 heavy (non-hydrogen) atoms. The third-order valence-corrected chi connectivity index (χ3v) is 3.22. The summed E-state index contributed by atoms with van der Waals surface area (Å²) in [5.41, 5.74) is 0. The van der Waals surface area contributed by atoms with Gasteiger partial charge >= 0.3 is 0 Å². The van der Waals surface area contributed by atoms with Crippen LogP contribution in [0.3, 0.4) is 0 Å². The van der Waals surface area contributed by atoms with Gasteiger partial charge in [-0.25, -0.2) is 8.78 Å². The van der Waals surface area contributed by atoms with Crippen LogP contribution in [-0.4, -0.2) is 20.3 Å². The molecule has 0 saturated heterocycles. The second-order valence-corrected chi connectivity index (χ2v) is 9.25. The first-order valence-corrected chi connectivity index (χ1v) is 8.25. The quantitative estimate of drug-likeness (QED) is 0.632. The lowest BCUT2D eigenvalue weighted by molar-refractivity contribution is -0.0596. The SMILES string of the molecule is C[Si](C)(C)OC1CCC(F)(F)CC1. The molecule has 4 heteroatoms. The van der Waals surface area contributed by atoms with Crippen LogP contribution >= 0.6 is 0 Å². The van der Waals surface area contributed by atoms with Gasteiger partial charge in [0.2, 0.25) is 5.92 Å². The molecule has 1 aliphatic carbocycles. The molecule has 0 bridgehead atoms. The van der Waals surface area contributed by atoms with Crippen molar-refractivity contribution < 1.29 is 13.2 Å². The molecule has 0 aromatic heterocycles. The van der Waals surface area contributed by atoms with Crippen molar-refractivity contribution in [1.82, 2.24) is 0 Å². The molecular weight excluding hydrogens is 190 g/mol. The monoisotopic (exact) mass is 208 g/mol. The van der Waals surface area contributed by atoms with E-state index in [1.54, 1.807) is 0 Å². The maximum Gasteiger partial charge on any atom is 0.248 e. The molecule has 0 radical (unpaired) electrons. The van der Waals surface area contributed by atoms with Crippen LogP contribution in [0.1, 0.15) is 25.7 Å². The first kappa shape index (κ1) is 11.1. The maximum atomic E-state index is 12.8. The summed E-state index contributed by atoms with van der Waals surface area (Å²) in [4.78, 5) is 0. The second kappa shape index (κ2) is 3.65. The molecule has 78 valence electrons. The first-order chi connectivity index (χ1) is 5.79. The van der Waals surface area contributed by atoms with Gasteiger partial charge < -0.3 is 4.43 Å². The molecule has 0 unspecified atom stereocenters. The molecule has 0 heterocycles. The lowest BCUT2D eigenvalue weighted by Crippen LogP contribution is -2.36. The highest BCUT2D eigenvalue weighted by atomic mass is 28.4. The van der Waals surface area contributed by atoms with Gasteiger partial charge in [-0.1, -0.05) is 0 Å². The van der Waals surface area contributed by atoms with Crippen molar-refractivity contribution in [2.45, 2.75) is 57.4 Å². The predicted molar refractivity (Wildman–Crippen MR) is 51.6 cm³/mol. The van der Waals surface area contributed by atoms with E-state index >= 15 is 0 Å². The summed E-state index contributed by atoms with van der Waals surface area (Å²) in [6, 6.07) is 0. The number of halogens is 2. The fourth-order valence-electron chi connectivity index (χ4n) is 1.63.